The van der Waals surface area contributed by atoms with Gasteiger partial charge in [-0.2, -0.15) is 0 Å². The van der Waals surface area contributed by atoms with Crippen molar-refractivity contribution in [1.29, 1.82) is 0 Å². The van der Waals surface area contributed by atoms with E-state index in [2.05, 4.69) is 24.4 Å². The largest absolute Gasteiger partial charge is 0.497 e. The average molecular weight is 295 g/mol. The summed E-state index contributed by atoms with van der Waals surface area (Å²) < 4.78 is 17.9. The Morgan fingerprint density at radius 3 is 2.90 bits per heavy atom. The number of hydrogen-bond acceptors (Lipinski definition) is 3. The van der Waals surface area contributed by atoms with Gasteiger partial charge in [-0.3, -0.25) is 4.21 Å². The molecular formula is C16H25NO2S. The van der Waals surface area contributed by atoms with E-state index in [4.69, 9.17) is 4.74 Å². The molecule has 3 nitrogen and oxygen atoms in total. The van der Waals surface area contributed by atoms with Crippen molar-refractivity contribution in [2.45, 2.75) is 43.9 Å². The summed E-state index contributed by atoms with van der Waals surface area (Å²) in [4.78, 5) is 0. The minimum absolute atomic E-state index is 0.173. The Morgan fingerprint density at radius 2 is 2.25 bits per heavy atom. The molecule has 0 bridgehead atoms. The van der Waals surface area contributed by atoms with Crippen molar-refractivity contribution in [3.05, 3.63) is 29.3 Å². The van der Waals surface area contributed by atoms with Crippen LogP contribution in [-0.4, -0.2) is 29.4 Å². The van der Waals surface area contributed by atoms with Gasteiger partial charge in [0.2, 0.25) is 0 Å². The summed E-state index contributed by atoms with van der Waals surface area (Å²) in [5.41, 5.74) is 2.61. The Balaban J connectivity index is 2.24. The molecular weight excluding hydrogens is 270 g/mol. The SMILES string of the molecule is CCCCS(=O)C1CCc2ccc(OC)cc2C1NC. The zero-order valence-corrected chi connectivity index (χ0v) is 13.5. The first-order valence-corrected chi connectivity index (χ1v) is 8.80. The van der Waals surface area contributed by atoms with Crippen LogP contribution in [0, 0.1) is 0 Å². The predicted octanol–water partition coefficient (Wildman–Crippen LogP) is 2.82. The topological polar surface area (TPSA) is 38.3 Å². The van der Waals surface area contributed by atoms with Gasteiger partial charge in [-0.05, 0) is 49.6 Å². The molecule has 0 heterocycles. The van der Waals surface area contributed by atoms with Gasteiger partial charge in [0.05, 0.1) is 12.4 Å². The Hall–Kier alpha value is -0.870. The number of aryl methyl sites for hydroxylation is 1. The maximum absolute atomic E-state index is 12.5. The highest BCUT2D eigenvalue weighted by Gasteiger charge is 2.32. The molecule has 1 aromatic rings. The Kier molecular flexibility index (Phi) is 5.61. The van der Waals surface area contributed by atoms with Gasteiger partial charge in [-0.25, -0.2) is 0 Å². The number of rotatable bonds is 6. The molecule has 20 heavy (non-hydrogen) atoms. The van der Waals surface area contributed by atoms with E-state index in [1.165, 1.54) is 11.1 Å². The van der Waals surface area contributed by atoms with Crippen molar-refractivity contribution < 1.29 is 8.95 Å². The van der Waals surface area contributed by atoms with Gasteiger partial charge in [0, 0.05) is 22.6 Å². The third-order valence-electron chi connectivity index (χ3n) is 4.11. The van der Waals surface area contributed by atoms with Gasteiger partial charge in [-0.1, -0.05) is 19.4 Å². The highest BCUT2D eigenvalue weighted by atomic mass is 32.2. The minimum Gasteiger partial charge on any atom is -0.497 e. The molecule has 3 unspecified atom stereocenters. The van der Waals surface area contributed by atoms with Gasteiger partial charge in [0.25, 0.3) is 0 Å². The van der Waals surface area contributed by atoms with Crippen LogP contribution >= 0.6 is 0 Å². The molecule has 3 atom stereocenters. The quantitative estimate of drug-likeness (QED) is 0.877. The van der Waals surface area contributed by atoms with E-state index in [0.29, 0.717) is 0 Å². The molecule has 0 aliphatic heterocycles. The summed E-state index contributed by atoms with van der Waals surface area (Å²) in [6, 6.07) is 6.43. The standard InChI is InChI=1S/C16H25NO2S/c1-4-5-10-20(18)15-9-7-12-6-8-13(19-3)11-14(12)16(15)17-2/h6,8,11,15-17H,4-5,7,9-10H2,1-3H3. The van der Waals surface area contributed by atoms with E-state index in [1.807, 2.05) is 13.1 Å². The van der Waals surface area contributed by atoms with E-state index >= 15 is 0 Å². The lowest BCUT2D eigenvalue weighted by Gasteiger charge is -2.33. The molecule has 0 fully saturated rings. The summed E-state index contributed by atoms with van der Waals surface area (Å²) >= 11 is 0. The predicted molar refractivity (Wildman–Crippen MR) is 84.8 cm³/mol. The molecule has 1 aliphatic rings. The lowest BCUT2D eigenvalue weighted by molar-refractivity contribution is 0.411. The van der Waals surface area contributed by atoms with E-state index in [1.54, 1.807) is 7.11 Å². The normalized spacial score (nSPS) is 23.1. The zero-order valence-electron chi connectivity index (χ0n) is 12.6. The summed E-state index contributed by atoms with van der Waals surface area (Å²) in [6.45, 7) is 2.15. The molecule has 112 valence electrons. The number of nitrogens with one attached hydrogen (secondary N) is 1. The molecule has 0 aromatic heterocycles. The van der Waals surface area contributed by atoms with Crippen LogP contribution in [0.4, 0.5) is 0 Å². The van der Waals surface area contributed by atoms with Crippen molar-refractivity contribution >= 4 is 10.8 Å². The first-order valence-electron chi connectivity index (χ1n) is 7.42. The second kappa shape index (κ2) is 7.23. The molecule has 0 spiro atoms. The first-order chi connectivity index (χ1) is 9.71. The van der Waals surface area contributed by atoms with Crippen LogP contribution in [0.2, 0.25) is 0 Å². The molecule has 1 aliphatic carbocycles. The van der Waals surface area contributed by atoms with E-state index in [-0.39, 0.29) is 11.3 Å². The van der Waals surface area contributed by atoms with E-state index < -0.39 is 10.8 Å². The number of ether oxygens (including phenoxy) is 1. The van der Waals surface area contributed by atoms with Crippen LogP contribution in [0.15, 0.2) is 18.2 Å². The van der Waals surface area contributed by atoms with Gasteiger partial charge in [0.1, 0.15) is 5.75 Å². The van der Waals surface area contributed by atoms with E-state index in [9.17, 15) is 4.21 Å². The first kappa shape index (κ1) is 15.5. The molecule has 0 amide bonds. The average Bonchev–Trinajstić information content (AvgIpc) is 2.50. The van der Waals surface area contributed by atoms with Crippen molar-refractivity contribution in [2.24, 2.45) is 0 Å². The maximum Gasteiger partial charge on any atom is 0.119 e. The fraction of sp³-hybridized carbons (Fsp3) is 0.625. The smallest absolute Gasteiger partial charge is 0.119 e. The number of unbranched alkanes of at least 4 members (excludes halogenated alkanes) is 1. The van der Waals surface area contributed by atoms with Crippen molar-refractivity contribution in [2.75, 3.05) is 19.9 Å². The van der Waals surface area contributed by atoms with Crippen LogP contribution in [0.3, 0.4) is 0 Å². The van der Waals surface area contributed by atoms with Crippen molar-refractivity contribution in [3.8, 4) is 5.75 Å². The zero-order chi connectivity index (χ0) is 14.5. The Labute approximate surface area is 124 Å². The summed E-state index contributed by atoms with van der Waals surface area (Å²) in [5, 5.41) is 3.58. The monoisotopic (exact) mass is 295 g/mol. The maximum atomic E-state index is 12.5. The Morgan fingerprint density at radius 1 is 1.45 bits per heavy atom. The summed E-state index contributed by atoms with van der Waals surface area (Å²) in [5.74, 6) is 1.70. The molecule has 2 rings (SSSR count). The van der Waals surface area contributed by atoms with Crippen LogP contribution in [-0.2, 0) is 17.2 Å². The van der Waals surface area contributed by atoms with Crippen LogP contribution in [0.25, 0.3) is 0 Å². The summed E-state index contributed by atoms with van der Waals surface area (Å²) in [7, 11) is 2.90. The number of methoxy groups -OCH3 is 1. The van der Waals surface area contributed by atoms with Crippen molar-refractivity contribution in [1.82, 2.24) is 5.32 Å². The number of fused-ring (bicyclic) bond motifs is 1. The number of hydrogen-bond donors (Lipinski definition) is 1. The number of benzene rings is 1. The molecule has 1 N–H and O–H groups in total. The van der Waals surface area contributed by atoms with Gasteiger partial charge >= 0.3 is 0 Å². The molecule has 0 radical (unpaired) electrons. The lowest BCUT2D eigenvalue weighted by atomic mass is 9.87. The second-order valence-electron chi connectivity index (χ2n) is 5.35. The van der Waals surface area contributed by atoms with Crippen LogP contribution < -0.4 is 10.1 Å². The molecule has 1 aromatic carbocycles. The molecule has 4 heteroatoms. The van der Waals surface area contributed by atoms with Gasteiger partial charge in [-0.15, -0.1) is 0 Å². The third-order valence-corrected chi connectivity index (χ3v) is 5.98. The van der Waals surface area contributed by atoms with Crippen LogP contribution in [0.5, 0.6) is 5.75 Å². The molecule has 0 saturated heterocycles. The highest BCUT2D eigenvalue weighted by molar-refractivity contribution is 7.85. The minimum atomic E-state index is -0.755. The van der Waals surface area contributed by atoms with Crippen molar-refractivity contribution in [3.63, 3.8) is 0 Å². The molecule has 0 saturated carbocycles. The Bertz CT molecular complexity index is 476. The second-order valence-corrected chi connectivity index (χ2v) is 7.12. The van der Waals surface area contributed by atoms with Gasteiger partial charge in [0.15, 0.2) is 0 Å². The fourth-order valence-electron chi connectivity index (χ4n) is 2.94. The third kappa shape index (κ3) is 3.23. The van der Waals surface area contributed by atoms with Crippen LogP contribution in [0.1, 0.15) is 43.4 Å². The summed E-state index contributed by atoms with van der Waals surface area (Å²) in [6.07, 6.45) is 4.17. The fourth-order valence-corrected chi connectivity index (χ4v) is 4.79. The van der Waals surface area contributed by atoms with Gasteiger partial charge < -0.3 is 10.1 Å². The highest BCUT2D eigenvalue weighted by Crippen LogP contribution is 2.35. The lowest BCUT2D eigenvalue weighted by Crippen LogP contribution is -2.37. The van der Waals surface area contributed by atoms with E-state index in [0.717, 1.165) is 37.2 Å².